The Morgan fingerprint density at radius 3 is 2.69 bits per heavy atom. The van der Waals surface area contributed by atoms with E-state index in [-0.39, 0.29) is 4.34 Å². The third kappa shape index (κ3) is 2.38. The Labute approximate surface area is 101 Å². The number of rotatable bonds is 2. The topological polar surface area (TPSA) is 85.9 Å². The lowest BCUT2D eigenvalue weighted by Crippen LogP contribution is -2.11. The maximum atomic E-state index is 11.0. The highest BCUT2D eigenvalue weighted by molar-refractivity contribution is 7.91. The molecule has 0 aliphatic rings. The van der Waals surface area contributed by atoms with E-state index in [0.717, 1.165) is 11.5 Å². The molecule has 8 heteroatoms. The van der Waals surface area contributed by atoms with Crippen LogP contribution < -0.4 is 5.14 Å². The van der Waals surface area contributed by atoms with Gasteiger partial charge in [0, 0.05) is 10.6 Å². The molecule has 0 amide bonds. The summed E-state index contributed by atoms with van der Waals surface area (Å²) in [6, 6.07) is 6.82. The summed E-state index contributed by atoms with van der Waals surface area (Å²) in [6.45, 7) is 0. The largest absolute Gasteiger partial charge is 0.266 e. The number of halogens is 1. The van der Waals surface area contributed by atoms with Crippen molar-refractivity contribution in [1.82, 2.24) is 9.36 Å². The molecule has 1 aromatic heterocycles. The lowest BCUT2D eigenvalue weighted by Gasteiger charge is -1.94. The standard InChI is InChI=1S/C8H6ClN3O2S2/c9-6-3-1-2-5(4-6)7-11-8(15-12-7)16(10,13)14/h1-4H,(H2,10,13,14). The molecule has 0 spiro atoms. The molecule has 0 atom stereocenters. The fourth-order valence-electron chi connectivity index (χ4n) is 1.07. The van der Waals surface area contributed by atoms with Gasteiger partial charge in [-0.05, 0) is 23.7 Å². The van der Waals surface area contributed by atoms with Crippen molar-refractivity contribution in [3.05, 3.63) is 29.3 Å². The first kappa shape index (κ1) is 11.5. The van der Waals surface area contributed by atoms with Gasteiger partial charge in [-0.1, -0.05) is 23.7 Å². The summed E-state index contributed by atoms with van der Waals surface area (Å²) in [7, 11) is -3.79. The molecule has 16 heavy (non-hydrogen) atoms. The first-order valence-electron chi connectivity index (χ1n) is 4.09. The SMILES string of the molecule is NS(=O)(=O)c1nc(-c2cccc(Cl)c2)ns1. The Bertz CT molecular complexity index is 624. The average molecular weight is 276 g/mol. The molecule has 2 N–H and O–H groups in total. The lowest BCUT2D eigenvalue weighted by molar-refractivity contribution is 0.597. The number of nitrogens with zero attached hydrogens (tertiary/aromatic N) is 2. The van der Waals surface area contributed by atoms with Crippen LogP contribution in [0.4, 0.5) is 0 Å². The molecule has 0 saturated heterocycles. The molecule has 84 valence electrons. The molecule has 0 saturated carbocycles. The van der Waals surface area contributed by atoms with Gasteiger partial charge in [0.1, 0.15) is 0 Å². The maximum Gasteiger partial charge on any atom is 0.266 e. The van der Waals surface area contributed by atoms with Crippen LogP contribution in [0.15, 0.2) is 28.6 Å². The second kappa shape index (κ2) is 4.10. The van der Waals surface area contributed by atoms with Crippen LogP contribution in [0, 0.1) is 0 Å². The van der Waals surface area contributed by atoms with E-state index in [1.807, 2.05) is 0 Å². The van der Waals surface area contributed by atoms with Crippen LogP contribution in [0.3, 0.4) is 0 Å². The molecule has 2 aromatic rings. The summed E-state index contributed by atoms with van der Waals surface area (Å²) >= 11 is 6.54. The van der Waals surface area contributed by atoms with Gasteiger partial charge in [0.05, 0.1) is 0 Å². The summed E-state index contributed by atoms with van der Waals surface area (Å²) in [5.41, 5.74) is 0.652. The van der Waals surface area contributed by atoms with Crippen molar-refractivity contribution in [3.63, 3.8) is 0 Å². The minimum atomic E-state index is -3.79. The van der Waals surface area contributed by atoms with Crippen molar-refractivity contribution in [3.8, 4) is 11.4 Å². The number of sulfonamides is 1. The van der Waals surface area contributed by atoms with Gasteiger partial charge < -0.3 is 0 Å². The van der Waals surface area contributed by atoms with Crippen LogP contribution in [0.25, 0.3) is 11.4 Å². The maximum absolute atomic E-state index is 11.0. The molecule has 0 fully saturated rings. The van der Waals surface area contributed by atoms with Crippen molar-refractivity contribution >= 4 is 33.2 Å². The monoisotopic (exact) mass is 275 g/mol. The van der Waals surface area contributed by atoms with Gasteiger partial charge in [0.15, 0.2) is 5.82 Å². The highest BCUT2D eigenvalue weighted by atomic mass is 35.5. The highest BCUT2D eigenvalue weighted by Crippen LogP contribution is 2.22. The normalized spacial score (nSPS) is 11.6. The van der Waals surface area contributed by atoms with E-state index < -0.39 is 10.0 Å². The number of benzene rings is 1. The second-order valence-electron chi connectivity index (χ2n) is 2.94. The van der Waals surface area contributed by atoms with Gasteiger partial charge >= 0.3 is 0 Å². The molecule has 5 nitrogen and oxygen atoms in total. The average Bonchev–Trinajstić information content (AvgIpc) is 2.65. The molecule has 0 radical (unpaired) electrons. The molecule has 0 aliphatic carbocycles. The third-order valence-corrected chi connectivity index (χ3v) is 3.98. The van der Waals surface area contributed by atoms with E-state index in [0.29, 0.717) is 16.4 Å². The number of primary sulfonamides is 1. The zero-order chi connectivity index (χ0) is 11.8. The minimum Gasteiger partial charge on any atom is -0.223 e. The van der Waals surface area contributed by atoms with E-state index in [9.17, 15) is 8.42 Å². The van der Waals surface area contributed by atoms with Gasteiger partial charge in [-0.3, -0.25) is 0 Å². The quantitative estimate of drug-likeness (QED) is 0.900. The number of aromatic nitrogens is 2. The highest BCUT2D eigenvalue weighted by Gasteiger charge is 2.15. The van der Waals surface area contributed by atoms with Crippen molar-refractivity contribution in [2.24, 2.45) is 5.14 Å². The van der Waals surface area contributed by atoms with Gasteiger partial charge in [0.2, 0.25) is 4.34 Å². The molecule has 0 aliphatic heterocycles. The van der Waals surface area contributed by atoms with E-state index in [2.05, 4.69) is 9.36 Å². The molecule has 2 rings (SSSR count). The Morgan fingerprint density at radius 1 is 1.38 bits per heavy atom. The zero-order valence-electron chi connectivity index (χ0n) is 7.79. The summed E-state index contributed by atoms with van der Waals surface area (Å²) in [4.78, 5) is 3.83. The predicted molar refractivity (Wildman–Crippen MR) is 61.7 cm³/mol. The Balaban J connectivity index is 2.47. The van der Waals surface area contributed by atoms with Crippen molar-refractivity contribution in [1.29, 1.82) is 0 Å². The minimum absolute atomic E-state index is 0.206. The number of hydrogen-bond donors (Lipinski definition) is 1. The van der Waals surface area contributed by atoms with Crippen LogP contribution in [0.2, 0.25) is 5.02 Å². The summed E-state index contributed by atoms with van der Waals surface area (Å²) < 4.78 is 25.7. The van der Waals surface area contributed by atoms with Crippen LogP contribution in [-0.2, 0) is 10.0 Å². The molecular formula is C8H6ClN3O2S2. The second-order valence-corrected chi connectivity index (χ2v) is 5.86. The van der Waals surface area contributed by atoms with Crippen LogP contribution >= 0.6 is 23.1 Å². The van der Waals surface area contributed by atoms with Crippen molar-refractivity contribution < 1.29 is 8.42 Å². The summed E-state index contributed by atoms with van der Waals surface area (Å²) in [5, 5.41) is 5.46. The molecule has 0 bridgehead atoms. The Hall–Kier alpha value is -1.02. The van der Waals surface area contributed by atoms with Gasteiger partial charge in [-0.15, -0.1) is 0 Å². The van der Waals surface area contributed by atoms with E-state index >= 15 is 0 Å². The first-order chi connectivity index (χ1) is 7.47. The molecular weight excluding hydrogens is 270 g/mol. The van der Waals surface area contributed by atoms with E-state index in [4.69, 9.17) is 16.7 Å². The summed E-state index contributed by atoms with van der Waals surface area (Å²) in [6.07, 6.45) is 0. The first-order valence-corrected chi connectivity index (χ1v) is 6.79. The molecule has 1 aromatic carbocycles. The number of nitrogens with two attached hydrogens (primary N) is 1. The van der Waals surface area contributed by atoms with Crippen molar-refractivity contribution in [2.75, 3.05) is 0 Å². The van der Waals surface area contributed by atoms with Gasteiger partial charge in [0.25, 0.3) is 10.0 Å². The number of hydrogen-bond acceptors (Lipinski definition) is 5. The third-order valence-electron chi connectivity index (χ3n) is 1.73. The van der Waals surface area contributed by atoms with Crippen LogP contribution in [-0.4, -0.2) is 17.8 Å². The van der Waals surface area contributed by atoms with Gasteiger partial charge in [-0.25, -0.2) is 18.5 Å². The Kier molecular flexibility index (Phi) is 2.94. The van der Waals surface area contributed by atoms with Crippen molar-refractivity contribution in [2.45, 2.75) is 4.34 Å². The lowest BCUT2D eigenvalue weighted by atomic mass is 10.2. The Morgan fingerprint density at radius 2 is 2.12 bits per heavy atom. The molecule has 1 heterocycles. The fraction of sp³-hybridized carbons (Fsp3) is 0. The smallest absolute Gasteiger partial charge is 0.223 e. The van der Waals surface area contributed by atoms with Crippen LogP contribution in [0.5, 0.6) is 0 Å². The van der Waals surface area contributed by atoms with E-state index in [1.54, 1.807) is 24.3 Å². The zero-order valence-corrected chi connectivity index (χ0v) is 10.2. The predicted octanol–water partition coefficient (Wildman–Crippen LogP) is 1.51. The van der Waals surface area contributed by atoms with Crippen LogP contribution in [0.1, 0.15) is 0 Å². The fourth-order valence-corrected chi connectivity index (χ4v) is 2.44. The van der Waals surface area contributed by atoms with E-state index in [1.165, 1.54) is 0 Å². The molecule has 0 unspecified atom stereocenters. The summed E-state index contributed by atoms with van der Waals surface area (Å²) in [5.74, 6) is 0.302. The van der Waals surface area contributed by atoms with Gasteiger partial charge in [-0.2, -0.15) is 4.37 Å².